The minimum Gasteiger partial charge on any atom is -0.456 e. The first-order chi connectivity index (χ1) is 14.3. The zero-order valence-electron chi connectivity index (χ0n) is 15.9. The largest absolute Gasteiger partial charge is 0.456 e. The smallest absolute Gasteiger partial charge is 0.329 e. The standard InChI is InChI=1S/C20H19ClF2N4O3/c21-15-11-13(3-9-24-15)30-14-1-2-16(25-12-14)26-18(29)27-10-8-19(17(27)28)4-6-20(22,23)7-5-19/h1-3,9,11-12H,4-8,10H2,(H,25,26,29). The van der Waals surface area contributed by atoms with Gasteiger partial charge in [0.05, 0.1) is 11.6 Å². The molecule has 10 heteroatoms. The van der Waals surface area contributed by atoms with Crippen molar-refractivity contribution in [1.29, 1.82) is 0 Å². The van der Waals surface area contributed by atoms with Gasteiger partial charge < -0.3 is 4.74 Å². The summed E-state index contributed by atoms with van der Waals surface area (Å²) in [5, 5.41) is 2.86. The van der Waals surface area contributed by atoms with Crippen LogP contribution < -0.4 is 10.1 Å². The number of aromatic nitrogens is 2. The van der Waals surface area contributed by atoms with Gasteiger partial charge >= 0.3 is 6.03 Å². The molecule has 158 valence electrons. The average Bonchev–Trinajstić information content (AvgIpc) is 3.02. The number of carbonyl (C=O) groups is 2. The molecule has 1 aliphatic carbocycles. The lowest BCUT2D eigenvalue weighted by Crippen LogP contribution is -2.43. The number of hydrogen-bond acceptors (Lipinski definition) is 5. The van der Waals surface area contributed by atoms with Gasteiger partial charge in [0.2, 0.25) is 11.8 Å². The number of rotatable bonds is 3. The third kappa shape index (κ3) is 4.21. The van der Waals surface area contributed by atoms with Gasteiger partial charge in [0.25, 0.3) is 0 Å². The number of halogens is 3. The van der Waals surface area contributed by atoms with Gasteiger partial charge in [0, 0.05) is 31.6 Å². The van der Waals surface area contributed by atoms with E-state index < -0.39 is 17.4 Å². The molecule has 1 aliphatic heterocycles. The summed E-state index contributed by atoms with van der Waals surface area (Å²) in [5.41, 5.74) is -0.851. The van der Waals surface area contributed by atoms with Gasteiger partial charge in [0.15, 0.2) is 0 Å². The Labute approximate surface area is 176 Å². The second-order valence-corrected chi connectivity index (χ2v) is 7.96. The third-order valence-electron chi connectivity index (χ3n) is 5.60. The first-order valence-electron chi connectivity index (χ1n) is 9.53. The lowest BCUT2D eigenvalue weighted by Gasteiger charge is -2.35. The molecule has 2 aromatic rings. The SMILES string of the molecule is O=C(Nc1ccc(Oc2ccnc(Cl)c2)cn1)N1CCC2(CCC(F)(F)CC2)C1=O. The molecular weight excluding hydrogens is 418 g/mol. The summed E-state index contributed by atoms with van der Waals surface area (Å²) >= 11 is 5.81. The summed E-state index contributed by atoms with van der Waals surface area (Å²) < 4.78 is 32.5. The van der Waals surface area contributed by atoms with E-state index in [1.54, 1.807) is 18.2 Å². The third-order valence-corrected chi connectivity index (χ3v) is 5.81. The zero-order valence-corrected chi connectivity index (χ0v) is 16.7. The van der Waals surface area contributed by atoms with Crippen LogP contribution in [0.5, 0.6) is 11.5 Å². The molecule has 0 radical (unpaired) electrons. The van der Waals surface area contributed by atoms with E-state index >= 15 is 0 Å². The number of hydrogen-bond donors (Lipinski definition) is 1. The van der Waals surface area contributed by atoms with Crippen LogP contribution in [0.4, 0.5) is 19.4 Å². The average molecular weight is 437 g/mol. The summed E-state index contributed by atoms with van der Waals surface area (Å²) in [7, 11) is 0. The van der Waals surface area contributed by atoms with E-state index in [2.05, 4.69) is 15.3 Å². The highest BCUT2D eigenvalue weighted by Crippen LogP contribution is 2.49. The Morgan fingerprint density at radius 1 is 1.10 bits per heavy atom. The molecule has 0 aromatic carbocycles. The molecule has 1 saturated carbocycles. The second-order valence-electron chi connectivity index (χ2n) is 7.57. The Morgan fingerprint density at radius 2 is 1.87 bits per heavy atom. The maximum absolute atomic E-state index is 13.5. The van der Waals surface area contributed by atoms with E-state index in [1.807, 2.05) is 0 Å². The minimum atomic E-state index is -2.73. The molecule has 2 aromatic heterocycles. The lowest BCUT2D eigenvalue weighted by molar-refractivity contribution is -0.140. The van der Waals surface area contributed by atoms with Crippen molar-refractivity contribution >= 4 is 29.4 Å². The highest BCUT2D eigenvalue weighted by molar-refractivity contribution is 6.29. The van der Waals surface area contributed by atoms with Crippen molar-refractivity contribution < 1.29 is 23.1 Å². The van der Waals surface area contributed by atoms with Gasteiger partial charge in [-0.05, 0) is 37.5 Å². The van der Waals surface area contributed by atoms with Crippen LogP contribution in [0.3, 0.4) is 0 Å². The van der Waals surface area contributed by atoms with E-state index in [1.165, 1.54) is 18.5 Å². The van der Waals surface area contributed by atoms with Gasteiger partial charge in [-0.15, -0.1) is 0 Å². The van der Waals surface area contributed by atoms with Crippen LogP contribution in [0.1, 0.15) is 32.1 Å². The molecule has 3 heterocycles. The predicted molar refractivity (Wildman–Crippen MR) is 105 cm³/mol. The topological polar surface area (TPSA) is 84.4 Å². The van der Waals surface area contributed by atoms with Crippen LogP contribution in [0.2, 0.25) is 5.15 Å². The Morgan fingerprint density at radius 3 is 2.53 bits per heavy atom. The van der Waals surface area contributed by atoms with Gasteiger partial charge in [-0.1, -0.05) is 11.6 Å². The normalized spacial score (nSPS) is 19.7. The van der Waals surface area contributed by atoms with Gasteiger partial charge in [-0.25, -0.2) is 23.5 Å². The quantitative estimate of drug-likeness (QED) is 0.693. The number of urea groups is 1. The summed E-state index contributed by atoms with van der Waals surface area (Å²) in [5.74, 6) is -1.96. The molecule has 2 fully saturated rings. The number of nitrogens with zero attached hydrogens (tertiary/aromatic N) is 3. The monoisotopic (exact) mass is 436 g/mol. The van der Waals surface area contributed by atoms with Crippen molar-refractivity contribution in [3.63, 3.8) is 0 Å². The van der Waals surface area contributed by atoms with E-state index in [0.717, 1.165) is 4.90 Å². The number of nitrogens with one attached hydrogen (secondary N) is 1. The van der Waals surface area contributed by atoms with E-state index in [-0.39, 0.29) is 44.0 Å². The fraction of sp³-hybridized carbons (Fsp3) is 0.400. The number of pyridine rings is 2. The molecule has 7 nitrogen and oxygen atoms in total. The lowest BCUT2D eigenvalue weighted by atomic mass is 9.72. The zero-order chi connectivity index (χ0) is 21.4. The number of anilines is 1. The molecule has 0 unspecified atom stereocenters. The van der Waals surface area contributed by atoms with E-state index in [9.17, 15) is 18.4 Å². The van der Waals surface area contributed by atoms with Gasteiger partial charge in [0.1, 0.15) is 22.5 Å². The highest BCUT2D eigenvalue weighted by atomic mass is 35.5. The van der Waals surface area contributed by atoms with Crippen molar-refractivity contribution in [3.8, 4) is 11.5 Å². The fourth-order valence-corrected chi connectivity index (χ4v) is 4.01. The first kappa shape index (κ1) is 20.5. The predicted octanol–water partition coefficient (Wildman–Crippen LogP) is 4.88. The molecule has 30 heavy (non-hydrogen) atoms. The Balaban J connectivity index is 1.37. The number of amides is 3. The van der Waals surface area contributed by atoms with E-state index in [0.29, 0.717) is 23.1 Å². The minimum absolute atomic E-state index is 0.103. The number of imide groups is 1. The molecule has 0 atom stereocenters. The van der Waals surface area contributed by atoms with Crippen molar-refractivity contribution in [2.75, 3.05) is 11.9 Å². The molecule has 0 bridgehead atoms. The van der Waals surface area contributed by atoms with Gasteiger partial charge in [-0.2, -0.15) is 0 Å². The molecule has 1 saturated heterocycles. The molecule has 3 amide bonds. The van der Waals surface area contributed by atoms with Crippen LogP contribution in [0, 0.1) is 5.41 Å². The van der Waals surface area contributed by atoms with Crippen molar-refractivity contribution in [2.45, 2.75) is 38.0 Å². The van der Waals surface area contributed by atoms with Crippen LogP contribution in [-0.2, 0) is 4.79 Å². The first-order valence-corrected chi connectivity index (χ1v) is 9.90. The highest BCUT2D eigenvalue weighted by Gasteiger charge is 2.53. The molecule has 4 rings (SSSR count). The number of carbonyl (C=O) groups excluding carboxylic acids is 2. The van der Waals surface area contributed by atoms with Crippen LogP contribution in [-0.4, -0.2) is 39.3 Å². The Bertz CT molecular complexity index is 961. The molecule has 2 aliphatic rings. The second kappa shape index (κ2) is 7.79. The molecular formula is C20H19ClF2N4O3. The maximum Gasteiger partial charge on any atom is 0.329 e. The summed E-state index contributed by atoms with van der Waals surface area (Å²) in [4.78, 5) is 34.4. The fourth-order valence-electron chi connectivity index (χ4n) is 3.85. The van der Waals surface area contributed by atoms with E-state index in [4.69, 9.17) is 16.3 Å². The Hall–Kier alpha value is -2.81. The van der Waals surface area contributed by atoms with Gasteiger partial charge in [-0.3, -0.25) is 15.0 Å². The van der Waals surface area contributed by atoms with Crippen molar-refractivity contribution in [3.05, 3.63) is 41.8 Å². The van der Waals surface area contributed by atoms with Crippen molar-refractivity contribution in [1.82, 2.24) is 14.9 Å². The Kier molecular flexibility index (Phi) is 5.31. The van der Waals surface area contributed by atoms with Crippen LogP contribution in [0.25, 0.3) is 0 Å². The number of alkyl halides is 2. The number of likely N-dealkylation sites (tertiary alicyclic amines) is 1. The summed E-state index contributed by atoms with van der Waals surface area (Å²) in [6, 6.07) is 5.71. The number of ether oxygens (including phenoxy) is 1. The summed E-state index contributed by atoms with van der Waals surface area (Å²) in [6.45, 7) is 0.209. The maximum atomic E-state index is 13.5. The molecule has 1 N–H and O–H groups in total. The van der Waals surface area contributed by atoms with Crippen molar-refractivity contribution in [2.24, 2.45) is 5.41 Å². The summed E-state index contributed by atoms with van der Waals surface area (Å²) in [6.07, 6.45) is 2.90. The molecule has 1 spiro atoms. The van der Waals surface area contributed by atoms with Crippen LogP contribution >= 0.6 is 11.6 Å². The van der Waals surface area contributed by atoms with Crippen LogP contribution in [0.15, 0.2) is 36.7 Å².